The molecule has 7 heteroatoms. The van der Waals surface area contributed by atoms with Crippen LogP contribution in [0.15, 0.2) is 45.6 Å². The first-order valence-corrected chi connectivity index (χ1v) is 9.35. The molecule has 2 aromatic carbocycles. The predicted molar refractivity (Wildman–Crippen MR) is 103 cm³/mol. The van der Waals surface area contributed by atoms with Crippen molar-refractivity contribution in [2.24, 2.45) is 0 Å². The smallest absolute Gasteiger partial charge is 0.336 e. The van der Waals surface area contributed by atoms with Crippen molar-refractivity contribution < 1.29 is 18.0 Å². The molecule has 0 bridgehead atoms. The number of hydrogen-bond donors (Lipinski definition) is 1. The highest BCUT2D eigenvalue weighted by Gasteiger charge is 2.11. The van der Waals surface area contributed by atoms with Crippen LogP contribution in [0.1, 0.15) is 16.7 Å². The first kappa shape index (κ1) is 19.1. The van der Waals surface area contributed by atoms with E-state index in [4.69, 9.17) is 4.42 Å². The van der Waals surface area contributed by atoms with Gasteiger partial charge in [0, 0.05) is 23.3 Å². The molecule has 0 fully saturated rings. The van der Waals surface area contributed by atoms with Crippen LogP contribution in [0.25, 0.3) is 11.0 Å². The van der Waals surface area contributed by atoms with E-state index in [1.165, 1.54) is 23.9 Å². The van der Waals surface area contributed by atoms with Crippen LogP contribution in [0.4, 0.5) is 14.5 Å². The third-order valence-electron chi connectivity index (χ3n) is 4.14. The molecule has 0 aliphatic rings. The van der Waals surface area contributed by atoms with Crippen molar-refractivity contribution in [3.8, 4) is 0 Å². The van der Waals surface area contributed by atoms with E-state index in [-0.39, 0.29) is 11.4 Å². The topological polar surface area (TPSA) is 59.3 Å². The zero-order valence-corrected chi connectivity index (χ0v) is 15.6. The van der Waals surface area contributed by atoms with Gasteiger partial charge in [-0.2, -0.15) is 0 Å². The highest BCUT2D eigenvalue weighted by molar-refractivity contribution is 7.99. The van der Waals surface area contributed by atoms with E-state index in [1.54, 1.807) is 0 Å². The van der Waals surface area contributed by atoms with Gasteiger partial charge in [0.1, 0.15) is 17.2 Å². The van der Waals surface area contributed by atoms with Crippen molar-refractivity contribution in [1.29, 1.82) is 0 Å². The number of rotatable bonds is 5. The molecule has 0 unspecified atom stereocenters. The Bertz CT molecular complexity index is 1080. The standard InChI is InChI=1S/C20H17F2NO3S/c1-11-5-15-13(7-20(25)26-18(15)6-12(11)2)9-27-10-19(24)23-17-4-3-14(21)8-16(17)22/h3-8H,9-10H2,1-2H3,(H,23,24). The maximum Gasteiger partial charge on any atom is 0.336 e. The van der Waals surface area contributed by atoms with Crippen molar-refractivity contribution in [3.63, 3.8) is 0 Å². The lowest BCUT2D eigenvalue weighted by Gasteiger charge is -2.09. The molecule has 0 saturated heterocycles. The summed E-state index contributed by atoms with van der Waals surface area (Å²) in [6.07, 6.45) is 0. The lowest BCUT2D eigenvalue weighted by atomic mass is 10.0. The molecule has 0 aliphatic carbocycles. The van der Waals surface area contributed by atoms with Crippen LogP contribution in [0, 0.1) is 25.5 Å². The van der Waals surface area contributed by atoms with Crippen LogP contribution in [-0.2, 0) is 10.5 Å². The van der Waals surface area contributed by atoms with E-state index in [9.17, 15) is 18.4 Å². The fourth-order valence-corrected chi connectivity index (χ4v) is 3.45. The summed E-state index contributed by atoms with van der Waals surface area (Å²) in [5, 5.41) is 3.24. The minimum Gasteiger partial charge on any atom is -0.423 e. The Morgan fingerprint density at radius 2 is 1.85 bits per heavy atom. The average molecular weight is 389 g/mol. The number of hydrogen-bond acceptors (Lipinski definition) is 4. The molecule has 0 saturated carbocycles. The van der Waals surface area contributed by atoms with Gasteiger partial charge in [-0.25, -0.2) is 13.6 Å². The summed E-state index contributed by atoms with van der Waals surface area (Å²) >= 11 is 1.29. The molecule has 27 heavy (non-hydrogen) atoms. The number of anilines is 1. The molecular weight excluding hydrogens is 372 g/mol. The largest absolute Gasteiger partial charge is 0.423 e. The van der Waals surface area contributed by atoms with Crippen LogP contribution in [0.5, 0.6) is 0 Å². The monoisotopic (exact) mass is 389 g/mol. The van der Waals surface area contributed by atoms with Crippen molar-refractivity contribution in [2.45, 2.75) is 19.6 Å². The Morgan fingerprint density at radius 3 is 2.59 bits per heavy atom. The van der Waals surface area contributed by atoms with Gasteiger partial charge in [0.25, 0.3) is 0 Å². The quantitative estimate of drug-likeness (QED) is 0.650. The van der Waals surface area contributed by atoms with Gasteiger partial charge in [0.15, 0.2) is 0 Å². The number of carbonyl (C=O) groups is 1. The first-order chi connectivity index (χ1) is 12.8. The molecule has 0 aliphatic heterocycles. The summed E-state index contributed by atoms with van der Waals surface area (Å²) in [7, 11) is 0. The normalized spacial score (nSPS) is 11.0. The molecule has 1 heterocycles. The number of benzene rings is 2. The second-order valence-electron chi connectivity index (χ2n) is 6.19. The molecule has 0 radical (unpaired) electrons. The lowest BCUT2D eigenvalue weighted by Crippen LogP contribution is -2.15. The number of halogens is 2. The second-order valence-corrected chi connectivity index (χ2v) is 7.17. The lowest BCUT2D eigenvalue weighted by molar-refractivity contribution is -0.113. The maximum atomic E-state index is 13.6. The van der Waals surface area contributed by atoms with E-state index < -0.39 is 23.2 Å². The third-order valence-corrected chi connectivity index (χ3v) is 5.12. The first-order valence-electron chi connectivity index (χ1n) is 8.20. The van der Waals surface area contributed by atoms with Crippen LogP contribution >= 0.6 is 11.8 Å². The summed E-state index contributed by atoms with van der Waals surface area (Å²) in [5.41, 5.74) is 2.87. The minimum atomic E-state index is -0.828. The molecule has 1 aromatic heterocycles. The molecule has 3 aromatic rings. The molecular formula is C20H17F2NO3S. The van der Waals surface area contributed by atoms with Crippen molar-refractivity contribution in [2.75, 3.05) is 11.1 Å². The minimum absolute atomic E-state index is 0.0589. The van der Waals surface area contributed by atoms with Crippen molar-refractivity contribution in [3.05, 3.63) is 75.1 Å². The zero-order chi connectivity index (χ0) is 19.6. The van der Waals surface area contributed by atoms with Crippen LogP contribution in [0.3, 0.4) is 0 Å². The van der Waals surface area contributed by atoms with Gasteiger partial charge in [-0.15, -0.1) is 11.8 Å². The van der Waals surface area contributed by atoms with Gasteiger partial charge in [-0.05, 0) is 54.8 Å². The zero-order valence-electron chi connectivity index (χ0n) is 14.8. The molecule has 3 rings (SSSR count). The van der Waals surface area contributed by atoms with Gasteiger partial charge >= 0.3 is 5.63 Å². The number of aryl methyl sites for hydroxylation is 2. The second kappa shape index (κ2) is 7.92. The number of fused-ring (bicyclic) bond motifs is 1. The highest BCUT2D eigenvalue weighted by Crippen LogP contribution is 2.25. The Hall–Kier alpha value is -2.67. The number of amides is 1. The Kier molecular flexibility index (Phi) is 5.60. The summed E-state index contributed by atoms with van der Waals surface area (Å²) in [6, 6.07) is 8.16. The number of thioether (sulfide) groups is 1. The van der Waals surface area contributed by atoms with Gasteiger partial charge in [0.05, 0.1) is 11.4 Å². The molecule has 1 amide bonds. The van der Waals surface area contributed by atoms with E-state index in [1.807, 2.05) is 26.0 Å². The predicted octanol–water partition coefficient (Wildman–Crippen LogP) is 4.56. The molecule has 1 N–H and O–H groups in total. The molecule has 4 nitrogen and oxygen atoms in total. The molecule has 0 spiro atoms. The van der Waals surface area contributed by atoms with E-state index in [0.717, 1.165) is 28.1 Å². The van der Waals surface area contributed by atoms with E-state index in [0.29, 0.717) is 17.4 Å². The van der Waals surface area contributed by atoms with Gasteiger partial charge < -0.3 is 9.73 Å². The summed E-state index contributed by atoms with van der Waals surface area (Å²) in [6.45, 7) is 3.91. The Labute approximate surface area is 158 Å². The van der Waals surface area contributed by atoms with Gasteiger partial charge in [-0.1, -0.05) is 0 Å². The van der Waals surface area contributed by atoms with Gasteiger partial charge in [0.2, 0.25) is 5.91 Å². The summed E-state index contributed by atoms with van der Waals surface area (Å²) < 4.78 is 31.7. The fourth-order valence-electron chi connectivity index (χ4n) is 2.63. The van der Waals surface area contributed by atoms with Crippen molar-refractivity contribution >= 4 is 34.3 Å². The summed E-state index contributed by atoms with van der Waals surface area (Å²) in [4.78, 5) is 23.8. The van der Waals surface area contributed by atoms with Crippen LogP contribution in [0.2, 0.25) is 0 Å². The van der Waals surface area contributed by atoms with Gasteiger partial charge in [-0.3, -0.25) is 4.79 Å². The highest BCUT2D eigenvalue weighted by atomic mass is 32.2. The molecule has 140 valence electrons. The Morgan fingerprint density at radius 1 is 1.11 bits per heavy atom. The Balaban J connectivity index is 1.69. The van der Waals surface area contributed by atoms with Crippen molar-refractivity contribution in [1.82, 2.24) is 0 Å². The number of carbonyl (C=O) groups excluding carboxylic acids is 1. The third kappa shape index (κ3) is 4.54. The van der Waals surface area contributed by atoms with E-state index >= 15 is 0 Å². The number of nitrogens with one attached hydrogen (secondary N) is 1. The van der Waals surface area contributed by atoms with Crippen LogP contribution < -0.4 is 10.9 Å². The SMILES string of the molecule is Cc1cc2oc(=O)cc(CSCC(=O)Nc3ccc(F)cc3F)c2cc1C. The fraction of sp³-hybridized carbons (Fsp3) is 0.200. The maximum absolute atomic E-state index is 13.6. The van der Waals surface area contributed by atoms with E-state index in [2.05, 4.69) is 5.32 Å². The van der Waals surface area contributed by atoms with Crippen LogP contribution in [-0.4, -0.2) is 11.7 Å². The molecule has 0 atom stereocenters. The summed E-state index contributed by atoms with van der Waals surface area (Å²) in [5.74, 6) is -1.47. The average Bonchev–Trinajstić information content (AvgIpc) is 2.59.